The predicted molar refractivity (Wildman–Crippen MR) is 84.1 cm³/mol. The van der Waals surface area contributed by atoms with Gasteiger partial charge >= 0.3 is 5.97 Å². The second kappa shape index (κ2) is 7.14. The van der Waals surface area contributed by atoms with Crippen LogP contribution in [0.2, 0.25) is 0 Å². The first-order valence-electron chi connectivity index (χ1n) is 7.28. The van der Waals surface area contributed by atoms with E-state index in [4.69, 9.17) is 0 Å². The molecule has 1 aromatic rings. The summed E-state index contributed by atoms with van der Waals surface area (Å²) in [6.45, 7) is 0. The maximum absolute atomic E-state index is 11.8. The third-order valence-corrected chi connectivity index (χ3v) is 5.57. The van der Waals surface area contributed by atoms with Crippen molar-refractivity contribution in [2.45, 2.75) is 42.9 Å². The second-order valence-corrected chi connectivity index (χ2v) is 6.76. The van der Waals surface area contributed by atoms with Gasteiger partial charge in [-0.3, -0.25) is 0 Å². The highest BCUT2D eigenvalue weighted by molar-refractivity contribution is 7.99. The zero-order chi connectivity index (χ0) is 14.4. The highest BCUT2D eigenvalue weighted by Crippen LogP contribution is 2.33. The fourth-order valence-corrected chi connectivity index (χ4v) is 4.33. The summed E-state index contributed by atoms with van der Waals surface area (Å²) in [4.78, 5) is 11.8. The van der Waals surface area contributed by atoms with Crippen LogP contribution in [-0.4, -0.2) is 29.1 Å². The molecular weight excluding hydrogens is 270 g/mol. The van der Waals surface area contributed by atoms with Gasteiger partial charge in [-0.05, 0) is 37.6 Å². The van der Waals surface area contributed by atoms with Crippen molar-refractivity contribution >= 4 is 17.7 Å². The molecule has 1 saturated carbocycles. The highest BCUT2D eigenvalue weighted by atomic mass is 32.2. The lowest BCUT2D eigenvalue weighted by atomic mass is 9.87. The molecule has 0 saturated heterocycles. The topological polar surface area (TPSA) is 49.3 Å². The first kappa shape index (κ1) is 15.4. The molecule has 1 aliphatic rings. The molecule has 1 aliphatic carbocycles. The average molecular weight is 293 g/mol. The molecule has 0 amide bonds. The summed E-state index contributed by atoms with van der Waals surface area (Å²) in [7, 11) is 1.74. The predicted octanol–water partition coefficient (Wildman–Crippen LogP) is 3.25. The van der Waals surface area contributed by atoms with Crippen molar-refractivity contribution in [3.8, 4) is 0 Å². The fraction of sp³-hybridized carbons (Fsp3) is 0.562. The monoisotopic (exact) mass is 293 g/mol. The standard InChI is InChI=1S/C16H23NO2S/c1-17-16(15(18)19,13-7-3-2-4-8-13)11-12-20-14-9-5-6-10-14/h2-4,7-8,14,17H,5-6,9-12H2,1H3,(H,18,19). The van der Waals surface area contributed by atoms with Gasteiger partial charge in [0.2, 0.25) is 0 Å². The molecule has 1 atom stereocenters. The van der Waals surface area contributed by atoms with Crippen LogP contribution >= 0.6 is 11.8 Å². The molecule has 0 aromatic heterocycles. The number of carbonyl (C=O) groups is 1. The molecule has 2 N–H and O–H groups in total. The Morgan fingerprint density at radius 3 is 2.55 bits per heavy atom. The minimum atomic E-state index is -0.965. The van der Waals surface area contributed by atoms with Gasteiger partial charge in [-0.15, -0.1) is 0 Å². The molecule has 1 unspecified atom stereocenters. The van der Waals surface area contributed by atoms with E-state index in [9.17, 15) is 9.90 Å². The van der Waals surface area contributed by atoms with E-state index >= 15 is 0 Å². The Kier molecular flexibility index (Phi) is 5.49. The highest BCUT2D eigenvalue weighted by Gasteiger charge is 2.38. The minimum absolute atomic E-state index is 0.615. The number of thioether (sulfide) groups is 1. The number of hydrogen-bond donors (Lipinski definition) is 2. The SMILES string of the molecule is CNC(CCSC1CCCC1)(C(=O)O)c1ccccc1. The normalized spacial score (nSPS) is 18.9. The zero-order valence-corrected chi connectivity index (χ0v) is 12.8. The van der Waals surface area contributed by atoms with Crippen molar-refractivity contribution in [2.24, 2.45) is 0 Å². The molecule has 4 heteroatoms. The Labute approximate surface area is 125 Å². The Hall–Kier alpha value is -1.00. The molecule has 20 heavy (non-hydrogen) atoms. The number of hydrogen-bond acceptors (Lipinski definition) is 3. The number of likely N-dealkylation sites (N-methyl/N-ethyl adjacent to an activating group) is 1. The van der Waals surface area contributed by atoms with Crippen molar-refractivity contribution < 1.29 is 9.90 Å². The summed E-state index contributed by atoms with van der Waals surface area (Å²) in [5.74, 6) is 0.0883. The van der Waals surface area contributed by atoms with Crippen LogP contribution in [0, 0.1) is 0 Å². The van der Waals surface area contributed by atoms with E-state index in [1.165, 1.54) is 25.7 Å². The minimum Gasteiger partial charge on any atom is -0.480 e. The Balaban J connectivity index is 2.05. The molecule has 1 fully saturated rings. The Bertz CT molecular complexity index is 431. The van der Waals surface area contributed by atoms with Crippen LogP contribution in [0.25, 0.3) is 0 Å². The maximum Gasteiger partial charge on any atom is 0.328 e. The van der Waals surface area contributed by atoms with Crippen LogP contribution in [0.15, 0.2) is 30.3 Å². The molecule has 110 valence electrons. The van der Waals surface area contributed by atoms with Gasteiger partial charge in [-0.1, -0.05) is 43.2 Å². The van der Waals surface area contributed by atoms with E-state index in [1.807, 2.05) is 42.1 Å². The van der Waals surface area contributed by atoms with Gasteiger partial charge in [0, 0.05) is 5.25 Å². The molecule has 0 heterocycles. The first-order valence-corrected chi connectivity index (χ1v) is 8.33. The van der Waals surface area contributed by atoms with Gasteiger partial charge in [0.05, 0.1) is 0 Å². The molecule has 3 nitrogen and oxygen atoms in total. The summed E-state index contributed by atoms with van der Waals surface area (Å²) in [6.07, 6.45) is 5.84. The number of rotatable bonds is 7. The summed E-state index contributed by atoms with van der Waals surface area (Å²) in [5, 5.41) is 13.5. The van der Waals surface area contributed by atoms with E-state index in [-0.39, 0.29) is 0 Å². The van der Waals surface area contributed by atoms with Crippen LogP contribution in [0.5, 0.6) is 0 Å². The van der Waals surface area contributed by atoms with Crippen molar-refractivity contribution in [3.05, 3.63) is 35.9 Å². The van der Waals surface area contributed by atoms with E-state index in [2.05, 4.69) is 5.32 Å². The van der Waals surface area contributed by atoms with Crippen LogP contribution in [0.4, 0.5) is 0 Å². The van der Waals surface area contributed by atoms with E-state index in [0.717, 1.165) is 16.6 Å². The summed E-state index contributed by atoms with van der Waals surface area (Å²) < 4.78 is 0. The largest absolute Gasteiger partial charge is 0.480 e. The molecule has 0 radical (unpaired) electrons. The molecule has 2 rings (SSSR count). The molecular formula is C16H23NO2S. The molecule has 0 spiro atoms. The summed E-state index contributed by atoms with van der Waals surface area (Å²) >= 11 is 1.94. The molecule has 1 aromatic carbocycles. The van der Waals surface area contributed by atoms with E-state index in [0.29, 0.717) is 6.42 Å². The summed E-state index contributed by atoms with van der Waals surface area (Å²) in [5.41, 5.74) is -0.130. The van der Waals surface area contributed by atoms with Crippen LogP contribution in [0.1, 0.15) is 37.7 Å². The van der Waals surface area contributed by atoms with Gasteiger partial charge in [0.25, 0.3) is 0 Å². The molecule has 0 aliphatic heterocycles. The van der Waals surface area contributed by atoms with E-state index in [1.54, 1.807) is 7.05 Å². The number of aliphatic carboxylic acids is 1. The van der Waals surface area contributed by atoms with Gasteiger partial charge in [0.1, 0.15) is 5.54 Å². The number of carboxylic acid groups (broad SMARTS) is 1. The lowest BCUT2D eigenvalue weighted by Gasteiger charge is -2.30. The van der Waals surface area contributed by atoms with Crippen LogP contribution in [0.3, 0.4) is 0 Å². The first-order chi connectivity index (χ1) is 9.69. The quantitative estimate of drug-likeness (QED) is 0.810. The maximum atomic E-state index is 11.8. The number of benzene rings is 1. The van der Waals surface area contributed by atoms with Crippen LogP contribution in [-0.2, 0) is 10.3 Å². The van der Waals surface area contributed by atoms with Crippen molar-refractivity contribution in [3.63, 3.8) is 0 Å². The number of carboxylic acids is 1. The molecule has 0 bridgehead atoms. The lowest BCUT2D eigenvalue weighted by Crippen LogP contribution is -2.48. The van der Waals surface area contributed by atoms with Crippen molar-refractivity contribution in [1.82, 2.24) is 5.32 Å². The lowest BCUT2D eigenvalue weighted by molar-refractivity contribution is -0.145. The van der Waals surface area contributed by atoms with Crippen LogP contribution < -0.4 is 5.32 Å². The van der Waals surface area contributed by atoms with Gasteiger partial charge in [-0.2, -0.15) is 11.8 Å². The summed E-state index contributed by atoms with van der Waals surface area (Å²) in [6, 6.07) is 9.50. The van der Waals surface area contributed by atoms with Gasteiger partial charge < -0.3 is 10.4 Å². The second-order valence-electron chi connectivity index (χ2n) is 5.35. The smallest absolute Gasteiger partial charge is 0.328 e. The zero-order valence-electron chi connectivity index (χ0n) is 12.0. The Morgan fingerprint density at radius 2 is 2.00 bits per heavy atom. The van der Waals surface area contributed by atoms with Crippen molar-refractivity contribution in [1.29, 1.82) is 0 Å². The third kappa shape index (κ3) is 3.36. The Morgan fingerprint density at radius 1 is 1.35 bits per heavy atom. The third-order valence-electron chi connectivity index (χ3n) is 4.19. The number of nitrogens with one attached hydrogen (secondary N) is 1. The van der Waals surface area contributed by atoms with Gasteiger partial charge in [-0.25, -0.2) is 4.79 Å². The average Bonchev–Trinajstić information content (AvgIpc) is 2.97. The van der Waals surface area contributed by atoms with E-state index < -0.39 is 11.5 Å². The van der Waals surface area contributed by atoms with Gasteiger partial charge in [0.15, 0.2) is 0 Å². The van der Waals surface area contributed by atoms with Crippen molar-refractivity contribution in [2.75, 3.05) is 12.8 Å². The fourth-order valence-electron chi connectivity index (χ4n) is 2.91.